The van der Waals surface area contributed by atoms with E-state index >= 15 is 0 Å². The maximum atomic E-state index is 6.02. The van der Waals surface area contributed by atoms with Crippen LogP contribution in [0, 0.1) is 0 Å². The van der Waals surface area contributed by atoms with Crippen LogP contribution in [0.1, 0.15) is 18.9 Å². The maximum Gasteiger partial charge on any atom is 0.346 e. The molecular weight excluding hydrogens is 479 g/mol. The Morgan fingerprint density at radius 2 is 1.82 bits per heavy atom. The van der Waals surface area contributed by atoms with Crippen LogP contribution in [0.4, 0.5) is 0 Å². The van der Waals surface area contributed by atoms with Crippen molar-refractivity contribution in [1.29, 1.82) is 0 Å². The fourth-order valence-electron chi connectivity index (χ4n) is 3.57. The van der Waals surface area contributed by atoms with Crippen LogP contribution in [0.2, 0.25) is 0 Å². The summed E-state index contributed by atoms with van der Waals surface area (Å²) >= 11 is 0. The summed E-state index contributed by atoms with van der Waals surface area (Å²) in [7, 11) is 0. The molecule has 9 nitrogen and oxygen atoms in total. The zero-order valence-corrected chi connectivity index (χ0v) is 20.9. The third-order valence-electron chi connectivity index (χ3n) is 5.21. The highest BCUT2D eigenvalue weighted by Gasteiger charge is 2.14. The normalized spacial score (nSPS) is 13.6. The molecule has 186 valence electrons. The Hall–Kier alpha value is -2.43. The van der Waals surface area contributed by atoms with Gasteiger partial charge in [-0.1, -0.05) is 29.4 Å². The topological polar surface area (TPSA) is 86.6 Å². The van der Waals surface area contributed by atoms with Crippen molar-refractivity contribution < 1.29 is 14.2 Å². The average Bonchev–Trinajstić information content (AvgIpc) is 3.30. The highest BCUT2D eigenvalue weighted by atomic mass is 35.5. The van der Waals surface area contributed by atoms with Crippen LogP contribution >= 0.6 is 24.8 Å². The van der Waals surface area contributed by atoms with Gasteiger partial charge in [0.1, 0.15) is 0 Å². The average molecular weight is 511 g/mol. The number of nitrogens with one attached hydrogen (secondary N) is 1. The largest absolute Gasteiger partial charge is 0.490 e. The second-order valence-corrected chi connectivity index (χ2v) is 7.51. The van der Waals surface area contributed by atoms with Crippen LogP contribution in [0.25, 0.3) is 5.69 Å². The van der Waals surface area contributed by atoms with Gasteiger partial charge < -0.3 is 19.5 Å². The Labute approximate surface area is 212 Å². The number of hydrogen-bond acceptors (Lipinski definition) is 8. The van der Waals surface area contributed by atoms with Crippen molar-refractivity contribution in [2.24, 2.45) is 0 Å². The van der Waals surface area contributed by atoms with Gasteiger partial charge >= 0.3 is 6.01 Å². The van der Waals surface area contributed by atoms with Crippen molar-refractivity contribution >= 4 is 24.8 Å². The number of morpholine rings is 1. The van der Waals surface area contributed by atoms with Crippen molar-refractivity contribution in [3.8, 4) is 23.2 Å². The van der Waals surface area contributed by atoms with Gasteiger partial charge in [-0.05, 0) is 66.7 Å². The van der Waals surface area contributed by atoms with Gasteiger partial charge in [-0.15, -0.1) is 24.8 Å². The first-order valence-corrected chi connectivity index (χ1v) is 11.1. The summed E-state index contributed by atoms with van der Waals surface area (Å²) in [5.41, 5.74) is 1.96. The van der Waals surface area contributed by atoms with Crippen molar-refractivity contribution in [2.75, 3.05) is 46.0 Å². The van der Waals surface area contributed by atoms with E-state index in [0.717, 1.165) is 63.6 Å². The van der Waals surface area contributed by atoms with Gasteiger partial charge in [0.05, 0.1) is 25.5 Å². The summed E-state index contributed by atoms with van der Waals surface area (Å²) in [6.45, 7) is 9.09. The predicted octanol–water partition coefficient (Wildman–Crippen LogP) is 3.51. The van der Waals surface area contributed by atoms with E-state index in [9.17, 15) is 0 Å². The Kier molecular flexibility index (Phi) is 12.1. The minimum Gasteiger partial charge on any atom is -0.490 e. The molecule has 0 spiro atoms. The molecule has 3 aromatic rings. The van der Waals surface area contributed by atoms with E-state index < -0.39 is 0 Å². The number of aromatic nitrogens is 4. The number of halogens is 2. The molecular formula is C23H32Cl2N6O3. The summed E-state index contributed by atoms with van der Waals surface area (Å²) in [6, 6.07) is 15.8. The molecule has 0 aliphatic carbocycles. The molecule has 0 bridgehead atoms. The monoisotopic (exact) mass is 510 g/mol. The third kappa shape index (κ3) is 7.82. The van der Waals surface area contributed by atoms with Gasteiger partial charge in [0.25, 0.3) is 0 Å². The number of ether oxygens (including phenoxy) is 3. The summed E-state index contributed by atoms with van der Waals surface area (Å²) in [4.78, 5) is 2.45. The highest BCUT2D eigenvalue weighted by molar-refractivity contribution is 5.85. The summed E-state index contributed by atoms with van der Waals surface area (Å²) in [5, 5.41) is 15.3. The second-order valence-electron chi connectivity index (χ2n) is 7.51. The number of benzene rings is 2. The molecule has 11 heteroatoms. The molecule has 1 aliphatic heterocycles. The SMILES string of the molecule is CCOc1cc(CNCCCN2CCOCC2)ccc1Oc1nnnn1-c1ccccc1.Cl.Cl. The van der Waals surface area contributed by atoms with E-state index in [1.807, 2.05) is 55.5 Å². The molecule has 0 radical (unpaired) electrons. The number of rotatable bonds is 11. The van der Waals surface area contributed by atoms with Crippen molar-refractivity contribution in [3.05, 3.63) is 54.1 Å². The fraction of sp³-hybridized carbons (Fsp3) is 0.435. The first-order valence-electron chi connectivity index (χ1n) is 11.1. The molecule has 1 aromatic heterocycles. The first kappa shape index (κ1) is 27.8. The molecule has 34 heavy (non-hydrogen) atoms. The van der Waals surface area contributed by atoms with E-state index in [-0.39, 0.29) is 30.8 Å². The van der Waals surface area contributed by atoms with Gasteiger partial charge in [0, 0.05) is 19.6 Å². The van der Waals surface area contributed by atoms with Gasteiger partial charge in [-0.2, -0.15) is 4.68 Å². The zero-order valence-electron chi connectivity index (χ0n) is 19.3. The lowest BCUT2D eigenvalue weighted by molar-refractivity contribution is 0.0374. The van der Waals surface area contributed by atoms with Crippen molar-refractivity contribution in [3.63, 3.8) is 0 Å². The molecule has 1 aliphatic rings. The molecule has 2 aromatic carbocycles. The lowest BCUT2D eigenvalue weighted by Gasteiger charge is -2.26. The van der Waals surface area contributed by atoms with E-state index in [1.165, 1.54) is 0 Å². The highest BCUT2D eigenvalue weighted by Crippen LogP contribution is 2.32. The minimum atomic E-state index is 0. The lowest BCUT2D eigenvalue weighted by atomic mass is 10.2. The van der Waals surface area contributed by atoms with Crippen LogP contribution in [0.3, 0.4) is 0 Å². The fourth-order valence-corrected chi connectivity index (χ4v) is 3.57. The lowest BCUT2D eigenvalue weighted by Crippen LogP contribution is -2.37. The molecule has 0 saturated carbocycles. The number of tetrazole rings is 1. The van der Waals surface area contributed by atoms with Gasteiger partial charge in [-0.25, -0.2) is 0 Å². The smallest absolute Gasteiger partial charge is 0.346 e. The Morgan fingerprint density at radius 3 is 2.59 bits per heavy atom. The molecule has 4 rings (SSSR count). The van der Waals surface area contributed by atoms with Crippen LogP contribution in [-0.4, -0.2) is 71.1 Å². The quantitative estimate of drug-likeness (QED) is 0.392. The van der Waals surface area contributed by atoms with Crippen LogP contribution in [-0.2, 0) is 11.3 Å². The van der Waals surface area contributed by atoms with E-state index in [2.05, 4.69) is 25.7 Å². The molecule has 0 unspecified atom stereocenters. The Balaban J connectivity index is 0.00000204. The molecule has 0 atom stereocenters. The summed E-state index contributed by atoms with van der Waals surface area (Å²) < 4.78 is 18.8. The van der Waals surface area contributed by atoms with Crippen LogP contribution < -0.4 is 14.8 Å². The standard InChI is InChI=1S/C23H30N6O3.2ClH/c1-2-31-22-17-19(18-24-11-6-12-28-13-15-30-16-14-28)9-10-21(22)32-23-25-26-27-29(23)20-7-4-3-5-8-20;;/h3-5,7-10,17,24H,2,6,11-16,18H2,1H3;2*1H. The maximum absolute atomic E-state index is 6.02. The molecule has 0 amide bonds. The van der Waals surface area contributed by atoms with Gasteiger partial charge in [-0.3, -0.25) is 4.90 Å². The van der Waals surface area contributed by atoms with E-state index in [4.69, 9.17) is 14.2 Å². The first-order chi connectivity index (χ1) is 15.8. The zero-order chi connectivity index (χ0) is 22.0. The van der Waals surface area contributed by atoms with E-state index in [1.54, 1.807) is 4.68 Å². The number of hydrogen-bond donors (Lipinski definition) is 1. The van der Waals surface area contributed by atoms with Crippen molar-refractivity contribution in [2.45, 2.75) is 19.9 Å². The van der Waals surface area contributed by atoms with Crippen LogP contribution in [0.15, 0.2) is 48.5 Å². The Bertz CT molecular complexity index is 970. The van der Waals surface area contributed by atoms with Crippen molar-refractivity contribution in [1.82, 2.24) is 30.4 Å². The number of nitrogens with zero attached hydrogens (tertiary/aromatic N) is 5. The molecule has 1 fully saturated rings. The Morgan fingerprint density at radius 1 is 1.03 bits per heavy atom. The van der Waals surface area contributed by atoms with Crippen LogP contribution in [0.5, 0.6) is 17.5 Å². The van der Waals surface area contributed by atoms with Gasteiger partial charge in [0.2, 0.25) is 0 Å². The van der Waals surface area contributed by atoms with Gasteiger partial charge in [0.15, 0.2) is 11.5 Å². The minimum absolute atomic E-state index is 0. The third-order valence-corrected chi connectivity index (χ3v) is 5.21. The van der Waals surface area contributed by atoms with E-state index in [0.29, 0.717) is 18.1 Å². The summed E-state index contributed by atoms with van der Waals surface area (Å²) in [6.07, 6.45) is 1.11. The molecule has 2 heterocycles. The molecule has 1 saturated heterocycles. The summed E-state index contributed by atoms with van der Waals surface area (Å²) in [5.74, 6) is 1.25. The second kappa shape index (κ2) is 14.7. The number of para-hydroxylation sites is 1. The molecule has 1 N–H and O–H groups in total. The predicted molar refractivity (Wildman–Crippen MR) is 135 cm³/mol.